The summed E-state index contributed by atoms with van der Waals surface area (Å²) in [6.45, 7) is 1.43. The van der Waals surface area contributed by atoms with Crippen molar-refractivity contribution in [2.45, 2.75) is 18.9 Å². The van der Waals surface area contributed by atoms with E-state index in [4.69, 9.17) is 15.2 Å². The second kappa shape index (κ2) is 10.5. The quantitative estimate of drug-likeness (QED) is 0.265. The Morgan fingerprint density at radius 3 is 2.89 bits per heavy atom. The number of pyridine rings is 2. The third-order valence-electron chi connectivity index (χ3n) is 7.93. The Hall–Kier alpha value is -5.27. The highest BCUT2D eigenvalue weighted by molar-refractivity contribution is 7.22. The van der Waals surface area contributed by atoms with Crippen LogP contribution in [-0.2, 0) is 0 Å². The van der Waals surface area contributed by atoms with Crippen molar-refractivity contribution in [2.75, 3.05) is 23.7 Å². The van der Waals surface area contributed by atoms with E-state index < -0.39 is 11.7 Å². The molecule has 8 rings (SSSR count). The molecule has 1 fully saturated rings. The molecule has 0 saturated carbocycles. The number of piperidine rings is 1. The van der Waals surface area contributed by atoms with Crippen molar-refractivity contribution in [1.82, 2.24) is 35.4 Å². The number of carbonyl (C=O) groups is 1. The highest BCUT2D eigenvalue weighted by Crippen LogP contribution is 2.40. The molecule has 44 heavy (non-hydrogen) atoms. The number of fused-ring (bicyclic) bond motifs is 3. The summed E-state index contributed by atoms with van der Waals surface area (Å²) in [5.74, 6) is -0.313. The Labute approximate surface area is 253 Å². The van der Waals surface area contributed by atoms with E-state index in [0.717, 1.165) is 45.3 Å². The molecule has 0 unspecified atom stereocenters. The van der Waals surface area contributed by atoms with Crippen molar-refractivity contribution in [3.8, 4) is 16.1 Å². The molecule has 0 bridgehead atoms. The maximum atomic E-state index is 15.8. The Morgan fingerprint density at radius 2 is 2.02 bits per heavy atom. The largest absolute Gasteiger partial charge is 0.380 e. The summed E-state index contributed by atoms with van der Waals surface area (Å²) in [5, 5.41) is 17.0. The molecule has 1 saturated heterocycles. The lowest BCUT2D eigenvalue weighted by Gasteiger charge is -2.34. The molecule has 3 N–H and O–H groups in total. The Morgan fingerprint density at radius 1 is 1.09 bits per heavy atom. The number of anilines is 2. The van der Waals surface area contributed by atoms with Crippen LogP contribution >= 0.6 is 11.3 Å². The summed E-state index contributed by atoms with van der Waals surface area (Å²) >= 11 is 1.58. The van der Waals surface area contributed by atoms with Gasteiger partial charge in [0.2, 0.25) is 0 Å². The Balaban J connectivity index is 1.21. The monoisotopic (exact) mass is 605 g/mol. The fraction of sp³-hybridized carbons (Fsp3) is 0.161. The number of amides is 1. The minimum atomic E-state index is -0.668. The minimum Gasteiger partial charge on any atom is -0.380 e. The molecule has 5 aromatic heterocycles. The van der Waals surface area contributed by atoms with Crippen LogP contribution in [0.25, 0.3) is 48.3 Å². The van der Waals surface area contributed by atoms with Gasteiger partial charge in [0.15, 0.2) is 17.0 Å². The zero-order chi connectivity index (χ0) is 29.8. The van der Waals surface area contributed by atoms with Crippen LogP contribution in [0.15, 0.2) is 77.6 Å². The molecule has 6 heterocycles. The number of rotatable bonds is 5. The molecule has 7 aromatic rings. The normalized spacial score (nSPS) is 15.3. The number of halogens is 1. The summed E-state index contributed by atoms with van der Waals surface area (Å²) < 4.78 is 23.5. The van der Waals surface area contributed by atoms with Crippen LogP contribution in [0.4, 0.5) is 16.0 Å². The molecule has 11 nitrogen and oxygen atoms in total. The van der Waals surface area contributed by atoms with Crippen LogP contribution in [-0.4, -0.2) is 55.2 Å². The predicted octanol–water partition coefficient (Wildman–Crippen LogP) is 5.35. The van der Waals surface area contributed by atoms with Crippen LogP contribution in [0.3, 0.4) is 0 Å². The third kappa shape index (κ3) is 4.36. The first kappa shape index (κ1) is 26.4. The highest BCUT2D eigenvalue weighted by Gasteiger charge is 2.32. The van der Waals surface area contributed by atoms with Crippen molar-refractivity contribution >= 4 is 61.1 Å². The number of nitrogens with zero attached hydrogens (tertiary/aromatic N) is 7. The van der Waals surface area contributed by atoms with Gasteiger partial charge in [-0.3, -0.25) is 9.69 Å². The standard InChI is InChI=1S/C31H24FN9O2S/c32-23-14-18(41-30-24(37-39-41)4-2-11-35-30)6-7-20(23)31(42)40(19-3-1-10-34-16-19)29-22-15-27(44-26(22)9-12-36-29)17-5-8-25-21(13-17)28(33)38-43-25/h2,4-9,11-15,19,34H,1,3,10,16H2,(H2,33,38)/t19-/m1/s1. The molecule has 13 heteroatoms. The maximum absolute atomic E-state index is 15.8. The zero-order valence-corrected chi connectivity index (χ0v) is 24.0. The van der Waals surface area contributed by atoms with E-state index in [1.165, 1.54) is 16.8 Å². The second-order valence-electron chi connectivity index (χ2n) is 10.6. The van der Waals surface area contributed by atoms with E-state index in [9.17, 15) is 4.79 Å². The predicted molar refractivity (Wildman–Crippen MR) is 166 cm³/mol. The topological polar surface area (TPSA) is 141 Å². The molecule has 1 aliphatic heterocycles. The smallest absolute Gasteiger partial charge is 0.262 e. The van der Waals surface area contributed by atoms with Crippen molar-refractivity contribution in [1.29, 1.82) is 0 Å². The van der Waals surface area contributed by atoms with Gasteiger partial charge >= 0.3 is 0 Å². The minimum absolute atomic E-state index is 0.0562. The molecule has 1 aliphatic rings. The van der Waals surface area contributed by atoms with Crippen LogP contribution in [0, 0.1) is 5.82 Å². The molecule has 0 aliphatic carbocycles. The fourth-order valence-corrected chi connectivity index (χ4v) is 6.81. The molecular formula is C31H24FN9O2S. The summed E-state index contributed by atoms with van der Waals surface area (Å²) in [4.78, 5) is 25.9. The SMILES string of the molecule is Nc1noc2ccc(-c3cc4c(N(C(=O)c5ccc(-n6nnc7cccnc76)cc5F)[C@@H]5CCCNC5)nccc4s3)cc12. The number of nitrogens with one attached hydrogen (secondary N) is 1. The van der Waals surface area contributed by atoms with Crippen LogP contribution in [0.2, 0.25) is 0 Å². The van der Waals surface area contributed by atoms with E-state index in [2.05, 4.69) is 25.8 Å². The van der Waals surface area contributed by atoms with Gasteiger partial charge in [0.1, 0.15) is 17.2 Å². The van der Waals surface area contributed by atoms with Crippen LogP contribution < -0.4 is 16.0 Å². The van der Waals surface area contributed by atoms with E-state index in [-0.39, 0.29) is 11.6 Å². The number of nitrogens with two attached hydrogens (primary N) is 1. The second-order valence-corrected chi connectivity index (χ2v) is 11.7. The first-order valence-corrected chi connectivity index (χ1v) is 14.9. The van der Waals surface area contributed by atoms with Crippen molar-refractivity contribution in [2.24, 2.45) is 0 Å². The third-order valence-corrected chi connectivity index (χ3v) is 9.08. The summed E-state index contributed by atoms with van der Waals surface area (Å²) in [7, 11) is 0. The number of carbonyl (C=O) groups excluding carboxylic acids is 1. The molecule has 2 aromatic carbocycles. The summed E-state index contributed by atoms with van der Waals surface area (Å²) in [6, 6.07) is 17.4. The van der Waals surface area contributed by atoms with Gasteiger partial charge in [0, 0.05) is 40.0 Å². The first-order chi connectivity index (χ1) is 21.5. The number of benzene rings is 2. The van der Waals surface area contributed by atoms with Crippen LogP contribution in [0.5, 0.6) is 0 Å². The lowest BCUT2D eigenvalue weighted by atomic mass is 10.0. The molecule has 0 radical (unpaired) electrons. The number of nitrogen functional groups attached to an aromatic ring is 1. The first-order valence-electron chi connectivity index (χ1n) is 14.1. The fourth-order valence-electron chi connectivity index (χ4n) is 5.76. The summed E-state index contributed by atoms with van der Waals surface area (Å²) in [6.07, 6.45) is 4.96. The lowest BCUT2D eigenvalue weighted by Crippen LogP contribution is -2.49. The number of hydrogen-bond acceptors (Lipinski definition) is 10. The highest BCUT2D eigenvalue weighted by atomic mass is 32.1. The Bertz CT molecular complexity index is 2200. The van der Waals surface area contributed by atoms with E-state index in [1.54, 1.807) is 46.8 Å². The van der Waals surface area contributed by atoms with Crippen molar-refractivity contribution in [3.05, 3.63) is 84.4 Å². The van der Waals surface area contributed by atoms with Crippen molar-refractivity contribution < 1.29 is 13.7 Å². The molecule has 0 spiro atoms. The van der Waals surface area contributed by atoms with Gasteiger partial charge in [-0.1, -0.05) is 10.4 Å². The van der Waals surface area contributed by atoms with Gasteiger partial charge in [-0.15, -0.1) is 16.4 Å². The Kier molecular flexibility index (Phi) is 6.27. The maximum Gasteiger partial charge on any atom is 0.262 e. The lowest BCUT2D eigenvalue weighted by molar-refractivity contribution is 0.0968. The summed E-state index contributed by atoms with van der Waals surface area (Å²) in [5.41, 5.74) is 8.99. The molecule has 1 amide bonds. The van der Waals surface area contributed by atoms with Gasteiger partial charge in [0.05, 0.1) is 22.7 Å². The average Bonchev–Trinajstić information content (AvgIpc) is 3.79. The average molecular weight is 606 g/mol. The molecule has 218 valence electrons. The van der Waals surface area contributed by atoms with Gasteiger partial charge in [-0.05, 0) is 79.5 Å². The van der Waals surface area contributed by atoms with E-state index >= 15 is 4.39 Å². The van der Waals surface area contributed by atoms with E-state index in [0.29, 0.717) is 40.6 Å². The molecular weight excluding hydrogens is 581 g/mol. The van der Waals surface area contributed by atoms with Gasteiger partial charge in [-0.25, -0.2) is 14.4 Å². The van der Waals surface area contributed by atoms with Gasteiger partial charge < -0.3 is 15.6 Å². The molecule has 1 atom stereocenters. The number of thiophene rings is 1. The van der Waals surface area contributed by atoms with E-state index in [1.807, 2.05) is 30.3 Å². The number of hydrogen-bond donors (Lipinski definition) is 2. The number of aromatic nitrogens is 6. The van der Waals surface area contributed by atoms with Crippen LogP contribution in [0.1, 0.15) is 23.2 Å². The van der Waals surface area contributed by atoms with Gasteiger partial charge in [-0.2, -0.15) is 4.68 Å². The van der Waals surface area contributed by atoms with Gasteiger partial charge in [0.25, 0.3) is 5.91 Å². The zero-order valence-electron chi connectivity index (χ0n) is 23.1. The van der Waals surface area contributed by atoms with Crippen molar-refractivity contribution in [3.63, 3.8) is 0 Å².